The van der Waals surface area contributed by atoms with Gasteiger partial charge in [0.2, 0.25) is 15.9 Å². The highest BCUT2D eigenvalue weighted by atomic mass is 32.2. The van der Waals surface area contributed by atoms with Crippen LogP contribution in [0.1, 0.15) is 18.4 Å². The van der Waals surface area contributed by atoms with Crippen molar-refractivity contribution < 1.29 is 13.2 Å². The van der Waals surface area contributed by atoms with Crippen LogP contribution in [0.25, 0.3) is 0 Å². The van der Waals surface area contributed by atoms with Gasteiger partial charge in [-0.2, -0.15) is 4.31 Å². The molecule has 2 fully saturated rings. The monoisotopic (exact) mass is 340 g/mol. The second-order valence-electron chi connectivity index (χ2n) is 5.91. The number of carbonyl (C=O) groups excluding carboxylic acids is 1. The molecule has 7 heteroatoms. The molecule has 1 aliphatic heterocycles. The minimum Gasteiger partial charge on any atom is -0.354 e. The smallest absolute Gasteiger partial charge is 0.244 e. The molecule has 1 saturated heterocycles. The van der Waals surface area contributed by atoms with Crippen LogP contribution in [-0.2, 0) is 14.8 Å². The highest BCUT2D eigenvalue weighted by molar-refractivity contribution is 8.00. The van der Waals surface area contributed by atoms with Gasteiger partial charge in [-0.3, -0.25) is 4.79 Å². The molecule has 1 aromatic carbocycles. The van der Waals surface area contributed by atoms with E-state index in [1.165, 1.54) is 16.1 Å². The Morgan fingerprint density at radius 1 is 1.32 bits per heavy atom. The predicted octanol–water partition coefficient (Wildman–Crippen LogP) is 1.58. The summed E-state index contributed by atoms with van der Waals surface area (Å²) < 4.78 is 26.8. The number of hydrogen-bond donors (Lipinski definition) is 1. The summed E-state index contributed by atoms with van der Waals surface area (Å²) in [6.07, 6.45) is 2.32. The standard InChI is InChI=1S/C15H20N2O3S2/c1-11-2-6-13(7-3-11)22(19,20)17-10-21-9-14(17)15(18)16-8-12-4-5-12/h2-3,6-7,12,14H,4-5,8-10H2,1H3,(H,16,18)/t14-/m0/s1. The SMILES string of the molecule is Cc1ccc(S(=O)(=O)N2CSC[C@H]2C(=O)NCC2CC2)cc1. The van der Waals surface area contributed by atoms with Gasteiger partial charge in [-0.15, -0.1) is 11.8 Å². The maximum absolute atomic E-state index is 12.7. The summed E-state index contributed by atoms with van der Waals surface area (Å²) in [4.78, 5) is 12.5. The normalized spacial score (nSPS) is 22.7. The van der Waals surface area contributed by atoms with Gasteiger partial charge in [-0.25, -0.2) is 8.42 Å². The van der Waals surface area contributed by atoms with Gasteiger partial charge < -0.3 is 5.32 Å². The van der Waals surface area contributed by atoms with E-state index in [0.29, 0.717) is 24.1 Å². The van der Waals surface area contributed by atoms with E-state index in [4.69, 9.17) is 0 Å². The molecule has 5 nitrogen and oxygen atoms in total. The Kier molecular flexibility index (Phi) is 4.47. The van der Waals surface area contributed by atoms with Gasteiger partial charge in [-0.05, 0) is 37.8 Å². The molecule has 0 bridgehead atoms. The first-order valence-corrected chi connectivity index (χ1v) is 10.0. The number of nitrogens with one attached hydrogen (secondary N) is 1. The van der Waals surface area contributed by atoms with Crippen LogP contribution in [0, 0.1) is 12.8 Å². The highest BCUT2D eigenvalue weighted by Gasteiger charge is 2.40. The zero-order chi connectivity index (χ0) is 15.7. The second kappa shape index (κ2) is 6.22. The van der Waals surface area contributed by atoms with Gasteiger partial charge in [-0.1, -0.05) is 17.7 Å². The molecular weight excluding hydrogens is 320 g/mol. The first kappa shape index (κ1) is 15.8. The second-order valence-corrected chi connectivity index (χ2v) is 8.80. The fourth-order valence-electron chi connectivity index (χ4n) is 2.40. The van der Waals surface area contributed by atoms with Gasteiger partial charge in [0.1, 0.15) is 6.04 Å². The minimum absolute atomic E-state index is 0.174. The fraction of sp³-hybridized carbons (Fsp3) is 0.533. The number of benzene rings is 1. The van der Waals surface area contributed by atoms with Gasteiger partial charge in [0.05, 0.1) is 10.8 Å². The Bertz CT molecular complexity index is 654. The van der Waals surface area contributed by atoms with Crippen LogP contribution in [0.15, 0.2) is 29.2 Å². The van der Waals surface area contributed by atoms with Crippen molar-refractivity contribution in [2.75, 3.05) is 18.2 Å². The number of sulfonamides is 1. The van der Waals surface area contributed by atoms with E-state index < -0.39 is 16.1 Å². The minimum atomic E-state index is -3.62. The van der Waals surface area contributed by atoms with Crippen molar-refractivity contribution in [3.05, 3.63) is 29.8 Å². The number of thioether (sulfide) groups is 1. The summed E-state index contributed by atoms with van der Waals surface area (Å²) in [5, 5.41) is 2.89. The topological polar surface area (TPSA) is 66.5 Å². The molecule has 0 unspecified atom stereocenters. The van der Waals surface area contributed by atoms with E-state index in [-0.39, 0.29) is 10.8 Å². The molecule has 0 aromatic heterocycles. The Morgan fingerprint density at radius 3 is 2.64 bits per heavy atom. The molecule has 3 rings (SSSR count). The van der Waals surface area contributed by atoms with Crippen LogP contribution < -0.4 is 5.32 Å². The molecule has 1 N–H and O–H groups in total. The molecule has 22 heavy (non-hydrogen) atoms. The number of aryl methyl sites for hydroxylation is 1. The number of carbonyl (C=O) groups is 1. The summed E-state index contributed by atoms with van der Waals surface area (Å²) in [6, 6.07) is 6.16. The van der Waals surface area contributed by atoms with E-state index in [9.17, 15) is 13.2 Å². The summed E-state index contributed by atoms with van der Waals surface area (Å²) in [7, 11) is -3.62. The van der Waals surface area contributed by atoms with Crippen LogP contribution in [0.3, 0.4) is 0 Å². The summed E-state index contributed by atoms with van der Waals surface area (Å²) in [5.74, 6) is 1.26. The zero-order valence-electron chi connectivity index (χ0n) is 12.5. The summed E-state index contributed by atoms with van der Waals surface area (Å²) in [6.45, 7) is 2.58. The number of amides is 1. The number of hydrogen-bond acceptors (Lipinski definition) is 4. The lowest BCUT2D eigenvalue weighted by atomic mass is 10.2. The predicted molar refractivity (Wildman–Crippen MR) is 87.1 cm³/mol. The van der Waals surface area contributed by atoms with Crippen molar-refractivity contribution in [2.24, 2.45) is 5.92 Å². The van der Waals surface area contributed by atoms with Crippen molar-refractivity contribution in [1.29, 1.82) is 0 Å². The average Bonchev–Trinajstić information content (AvgIpc) is 3.18. The molecule has 1 aromatic rings. The molecule has 2 aliphatic rings. The Hall–Kier alpha value is -1.05. The molecule has 0 radical (unpaired) electrons. The number of nitrogens with zero attached hydrogens (tertiary/aromatic N) is 1. The van der Waals surface area contributed by atoms with Gasteiger partial charge in [0, 0.05) is 12.3 Å². The van der Waals surface area contributed by atoms with E-state index in [2.05, 4.69) is 5.32 Å². The van der Waals surface area contributed by atoms with Crippen LogP contribution in [0.5, 0.6) is 0 Å². The first-order valence-electron chi connectivity index (χ1n) is 7.42. The van der Waals surface area contributed by atoms with Crippen molar-refractivity contribution in [3.63, 3.8) is 0 Å². The Morgan fingerprint density at radius 2 is 2.00 bits per heavy atom. The third-order valence-electron chi connectivity index (χ3n) is 4.03. The lowest BCUT2D eigenvalue weighted by Gasteiger charge is -2.22. The van der Waals surface area contributed by atoms with Crippen molar-refractivity contribution in [1.82, 2.24) is 9.62 Å². The van der Waals surface area contributed by atoms with Crippen molar-refractivity contribution in [3.8, 4) is 0 Å². The van der Waals surface area contributed by atoms with E-state index >= 15 is 0 Å². The molecule has 1 amide bonds. The quantitative estimate of drug-likeness (QED) is 0.884. The van der Waals surface area contributed by atoms with Gasteiger partial charge >= 0.3 is 0 Å². The largest absolute Gasteiger partial charge is 0.354 e. The molecular formula is C15H20N2O3S2. The molecule has 1 saturated carbocycles. The van der Waals surface area contributed by atoms with E-state index in [0.717, 1.165) is 18.4 Å². The molecule has 120 valence electrons. The van der Waals surface area contributed by atoms with Crippen LogP contribution >= 0.6 is 11.8 Å². The van der Waals surface area contributed by atoms with Gasteiger partial charge in [0.25, 0.3) is 0 Å². The first-order chi connectivity index (χ1) is 10.5. The lowest BCUT2D eigenvalue weighted by Crippen LogP contribution is -2.47. The van der Waals surface area contributed by atoms with Crippen molar-refractivity contribution >= 4 is 27.7 Å². The summed E-state index contributed by atoms with van der Waals surface area (Å²) in [5.41, 5.74) is 1.01. The Balaban J connectivity index is 1.75. The van der Waals surface area contributed by atoms with E-state index in [1.807, 2.05) is 6.92 Å². The van der Waals surface area contributed by atoms with Crippen LogP contribution in [0.4, 0.5) is 0 Å². The maximum Gasteiger partial charge on any atom is 0.244 e. The van der Waals surface area contributed by atoms with Crippen LogP contribution in [0.2, 0.25) is 0 Å². The average molecular weight is 340 g/mol. The van der Waals surface area contributed by atoms with Crippen molar-refractivity contribution in [2.45, 2.75) is 30.7 Å². The third-order valence-corrected chi connectivity index (χ3v) is 7.08. The van der Waals surface area contributed by atoms with Gasteiger partial charge in [0.15, 0.2) is 0 Å². The zero-order valence-corrected chi connectivity index (χ0v) is 14.1. The fourth-order valence-corrected chi connectivity index (χ4v) is 5.55. The maximum atomic E-state index is 12.7. The highest BCUT2D eigenvalue weighted by Crippen LogP contribution is 2.30. The van der Waals surface area contributed by atoms with Crippen LogP contribution in [-0.4, -0.2) is 42.8 Å². The molecule has 1 aliphatic carbocycles. The third kappa shape index (κ3) is 3.31. The molecule has 1 heterocycles. The summed E-state index contributed by atoms with van der Waals surface area (Å²) >= 11 is 1.48. The molecule has 1 atom stereocenters. The van der Waals surface area contributed by atoms with E-state index in [1.54, 1.807) is 24.3 Å². The molecule has 0 spiro atoms. The number of rotatable bonds is 5. The Labute approximate surface area is 135 Å². The lowest BCUT2D eigenvalue weighted by molar-refractivity contribution is -0.123.